The molecule has 12 heavy (non-hydrogen) atoms. The van der Waals surface area contributed by atoms with Gasteiger partial charge in [-0.2, -0.15) is 0 Å². The second-order valence-corrected chi connectivity index (χ2v) is 4.10. The number of hydrogen-bond donors (Lipinski definition) is 1. The van der Waals surface area contributed by atoms with E-state index < -0.39 is 11.4 Å². The molecular formula is C10H16O2. The Morgan fingerprint density at radius 2 is 2.25 bits per heavy atom. The zero-order chi connectivity index (χ0) is 9.35. The molecular weight excluding hydrogens is 152 g/mol. The van der Waals surface area contributed by atoms with Crippen molar-refractivity contribution in [2.24, 2.45) is 11.3 Å². The Kier molecular flexibility index (Phi) is 2.27. The lowest BCUT2D eigenvalue weighted by Crippen LogP contribution is -2.22. The van der Waals surface area contributed by atoms with Gasteiger partial charge in [-0.3, -0.25) is 4.79 Å². The van der Waals surface area contributed by atoms with Gasteiger partial charge in [0.15, 0.2) is 0 Å². The van der Waals surface area contributed by atoms with Gasteiger partial charge in [0, 0.05) is 0 Å². The maximum atomic E-state index is 10.8. The van der Waals surface area contributed by atoms with Crippen molar-refractivity contribution in [1.29, 1.82) is 0 Å². The summed E-state index contributed by atoms with van der Waals surface area (Å²) in [5, 5.41) is 8.93. The molecule has 1 aliphatic carbocycles. The number of allylic oxidation sites excluding steroid dienone is 1. The van der Waals surface area contributed by atoms with Crippen LogP contribution in [0, 0.1) is 11.3 Å². The highest BCUT2D eigenvalue weighted by Crippen LogP contribution is 2.38. The van der Waals surface area contributed by atoms with E-state index in [9.17, 15) is 4.79 Å². The zero-order valence-electron chi connectivity index (χ0n) is 7.92. The molecule has 0 aromatic rings. The average molecular weight is 168 g/mol. The van der Waals surface area contributed by atoms with Crippen molar-refractivity contribution in [1.82, 2.24) is 0 Å². The Balaban J connectivity index is 2.82. The van der Waals surface area contributed by atoms with E-state index in [4.69, 9.17) is 5.11 Å². The van der Waals surface area contributed by atoms with Gasteiger partial charge in [-0.25, -0.2) is 0 Å². The van der Waals surface area contributed by atoms with Gasteiger partial charge in [0.2, 0.25) is 0 Å². The minimum absolute atomic E-state index is 0.492. The molecule has 2 nitrogen and oxygen atoms in total. The molecule has 1 N–H and O–H groups in total. The van der Waals surface area contributed by atoms with E-state index in [2.05, 4.69) is 13.8 Å². The summed E-state index contributed by atoms with van der Waals surface area (Å²) in [6.07, 6.45) is 3.64. The van der Waals surface area contributed by atoms with Gasteiger partial charge in [-0.1, -0.05) is 25.5 Å². The number of carbonyl (C=O) groups is 1. The van der Waals surface area contributed by atoms with Gasteiger partial charge in [0.25, 0.3) is 0 Å². The molecule has 0 bridgehead atoms. The SMILES string of the molecule is CC(C)C1=CC(C)(C(=O)O)CC1. The number of hydrogen-bond acceptors (Lipinski definition) is 1. The first-order valence-electron chi connectivity index (χ1n) is 4.41. The Morgan fingerprint density at radius 3 is 2.50 bits per heavy atom. The van der Waals surface area contributed by atoms with Crippen LogP contribution in [-0.2, 0) is 4.79 Å². The highest BCUT2D eigenvalue weighted by molar-refractivity contribution is 5.77. The monoisotopic (exact) mass is 168 g/mol. The third-order valence-corrected chi connectivity index (χ3v) is 2.67. The first-order chi connectivity index (χ1) is 5.46. The third kappa shape index (κ3) is 1.52. The van der Waals surface area contributed by atoms with E-state index in [1.807, 2.05) is 6.08 Å². The molecule has 68 valence electrons. The summed E-state index contributed by atoms with van der Waals surface area (Å²) in [5.41, 5.74) is 0.694. The van der Waals surface area contributed by atoms with Crippen LogP contribution in [0.4, 0.5) is 0 Å². The van der Waals surface area contributed by atoms with Gasteiger partial charge in [-0.15, -0.1) is 0 Å². The lowest BCUT2D eigenvalue weighted by atomic mass is 9.91. The lowest BCUT2D eigenvalue weighted by molar-refractivity contribution is -0.145. The van der Waals surface area contributed by atoms with Crippen molar-refractivity contribution in [3.63, 3.8) is 0 Å². The van der Waals surface area contributed by atoms with Crippen LogP contribution in [0.5, 0.6) is 0 Å². The molecule has 1 atom stereocenters. The van der Waals surface area contributed by atoms with E-state index in [0.717, 1.165) is 12.8 Å². The van der Waals surface area contributed by atoms with Crippen LogP contribution in [0.2, 0.25) is 0 Å². The zero-order valence-corrected chi connectivity index (χ0v) is 7.92. The molecule has 0 amide bonds. The number of aliphatic carboxylic acids is 1. The number of rotatable bonds is 2. The van der Waals surface area contributed by atoms with E-state index >= 15 is 0 Å². The van der Waals surface area contributed by atoms with Crippen LogP contribution < -0.4 is 0 Å². The van der Waals surface area contributed by atoms with E-state index in [1.54, 1.807) is 6.92 Å². The summed E-state index contributed by atoms with van der Waals surface area (Å²) < 4.78 is 0. The Labute approximate surface area is 73.3 Å². The maximum Gasteiger partial charge on any atom is 0.313 e. The molecule has 0 spiro atoms. The van der Waals surface area contributed by atoms with Gasteiger partial charge in [-0.05, 0) is 25.7 Å². The first-order valence-corrected chi connectivity index (χ1v) is 4.41. The predicted octanol–water partition coefficient (Wildman–Crippen LogP) is 2.45. The van der Waals surface area contributed by atoms with Gasteiger partial charge < -0.3 is 5.11 Å². The summed E-state index contributed by atoms with van der Waals surface area (Å²) in [6.45, 7) is 6.02. The molecule has 0 aromatic carbocycles. The summed E-state index contributed by atoms with van der Waals surface area (Å²) in [7, 11) is 0. The minimum atomic E-state index is -0.696. The number of carboxylic acid groups (broad SMARTS) is 1. The molecule has 0 heterocycles. The third-order valence-electron chi connectivity index (χ3n) is 2.67. The molecule has 0 aliphatic heterocycles. The van der Waals surface area contributed by atoms with Gasteiger partial charge in [0.05, 0.1) is 5.41 Å². The standard InChI is InChI=1S/C10H16O2/c1-7(2)8-4-5-10(3,6-8)9(11)12/h6-7H,4-5H2,1-3H3,(H,11,12). The smallest absolute Gasteiger partial charge is 0.313 e. The average Bonchev–Trinajstić information content (AvgIpc) is 2.33. The van der Waals surface area contributed by atoms with Crippen LogP contribution in [0.25, 0.3) is 0 Å². The van der Waals surface area contributed by atoms with E-state index in [0.29, 0.717) is 5.92 Å². The largest absolute Gasteiger partial charge is 0.481 e. The van der Waals surface area contributed by atoms with Crippen LogP contribution in [0.3, 0.4) is 0 Å². The molecule has 1 aliphatic rings. The van der Waals surface area contributed by atoms with Crippen LogP contribution >= 0.6 is 0 Å². The normalized spacial score (nSPS) is 29.2. The summed E-state index contributed by atoms with van der Waals surface area (Å²) in [4.78, 5) is 10.8. The fourth-order valence-corrected chi connectivity index (χ4v) is 1.58. The van der Waals surface area contributed by atoms with Crippen molar-refractivity contribution in [3.05, 3.63) is 11.6 Å². The predicted molar refractivity (Wildman–Crippen MR) is 47.9 cm³/mol. The highest BCUT2D eigenvalue weighted by Gasteiger charge is 2.35. The first kappa shape index (κ1) is 9.30. The molecule has 2 heteroatoms. The van der Waals surface area contributed by atoms with Crippen LogP contribution in [0.15, 0.2) is 11.6 Å². The fourth-order valence-electron chi connectivity index (χ4n) is 1.58. The Morgan fingerprint density at radius 1 is 1.67 bits per heavy atom. The molecule has 0 saturated heterocycles. The van der Waals surface area contributed by atoms with Crippen molar-refractivity contribution in [3.8, 4) is 0 Å². The molecule has 1 unspecified atom stereocenters. The number of carboxylic acids is 1. The molecule has 1 rings (SSSR count). The summed E-state index contributed by atoms with van der Waals surface area (Å²) >= 11 is 0. The second kappa shape index (κ2) is 2.92. The van der Waals surface area contributed by atoms with Crippen LogP contribution in [-0.4, -0.2) is 11.1 Å². The van der Waals surface area contributed by atoms with Gasteiger partial charge in [0.1, 0.15) is 0 Å². The van der Waals surface area contributed by atoms with Crippen molar-refractivity contribution < 1.29 is 9.90 Å². The van der Waals surface area contributed by atoms with Gasteiger partial charge >= 0.3 is 5.97 Å². The van der Waals surface area contributed by atoms with Crippen molar-refractivity contribution in [2.45, 2.75) is 33.6 Å². The van der Waals surface area contributed by atoms with E-state index in [1.165, 1.54) is 5.57 Å². The van der Waals surface area contributed by atoms with Crippen molar-refractivity contribution in [2.75, 3.05) is 0 Å². The second-order valence-electron chi connectivity index (χ2n) is 4.10. The topological polar surface area (TPSA) is 37.3 Å². The lowest BCUT2D eigenvalue weighted by Gasteiger charge is -2.13. The Hall–Kier alpha value is -0.790. The fraction of sp³-hybridized carbons (Fsp3) is 0.700. The minimum Gasteiger partial charge on any atom is -0.481 e. The molecule has 0 saturated carbocycles. The summed E-state index contributed by atoms with van der Waals surface area (Å²) in [6, 6.07) is 0. The Bertz CT molecular complexity index is 228. The van der Waals surface area contributed by atoms with Crippen molar-refractivity contribution >= 4 is 5.97 Å². The van der Waals surface area contributed by atoms with E-state index in [-0.39, 0.29) is 0 Å². The molecule has 0 radical (unpaired) electrons. The summed E-state index contributed by atoms with van der Waals surface area (Å²) in [5.74, 6) is -0.204. The highest BCUT2D eigenvalue weighted by atomic mass is 16.4. The maximum absolute atomic E-state index is 10.8. The quantitative estimate of drug-likeness (QED) is 0.643. The molecule has 0 fully saturated rings. The van der Waals surface area contributed by atoms with Crippen LogP contribution in [0.1, 0.15) is 33.6 Å². The molecule has 0 aromatic heterocycles.